The average molecular weight is 329 g/mol. The molecule has 0 bridgehead atoms. The van der Waals surface area contributed by atoms with E-state index in [0.717, 1.165) is 12.1 Å². The molecule has 1 aromatic carbocycles. The first kappa shape index (κ1) is 17.3. The Kier molecular flexibility index (Phi) is 4.68. The van der Waals surface area contributed by atoms with Crippen molar-refractivity contribution >= 4 is 11.9 Å². The molecule has 126 valence electrons. The summed E-state index contributed by atoms with van der Waals surface area (Å²) in [6, 6.07) is 3.92. The lowest BCUT2D eigenvalue weighted by molar-refractivity contribution is -0.143. The van der Waals surface area contributed by atoms with E-state index in [-0.39, 0.29) is 11.8 Å². The molecule has 1 fully saturated rings. The molecule has 1 amide bonds. The van der Waals surface area contributed by atoms with Gasteiger partial charge in [-0.3, -0.25) is 4.79 Å². The molecule has 3 atom stereocenters. The zero-order valence-corrected chi connectivity index (χ0v) is 12.7. The van der Waals surface area contributed by atoms with Gasteiger partial charge in [0.1, 0.15) is 6.04 Å². The molecule has 0 spiro atoms. The summed E-state index contributed by atoms with van der Waals surface area (Å²) in [7, 11) is 0. The number of aliphatic carboxylic acids is 1. The molecule has 7 heteroatoms. The van der Waals surface area contributed by atoms with E-state index in [2.05, 4.69) is 5.32 Å². The summed E-state index contributed by atoms with van der Waals surface area (Å²) in [6.45, 7) is 3.35. The van der Waals surface area contributed by atoms with Crippen molar-refractivity contribution in [3.8, 4) is 0 Å². The molecule has 1 aromatic rings. The lowest BCUT2D eigenvalue weighted by Crippen LogP contribution is -2.45. The second-order valence-corrected chi connectivity index (χ2v) is 6.14. The Morgan fingerprint density at radius 1 is 1.30 bits per heavy atom. The van der Waals surface area contributed by atoms with Crippen LogP contribution in [-0.2, 0) is 15.8 Å². The SMILES string of the molecule is CC(C)[C@H](NC(=O)C1CC1c1cccc(C(F)(F)F)c1)C(=O)O. The number of hydrogen-bond donors (Lipinski definition) is 2. The Labute approximate surface area is 131 Å². The van der Waals surface area contributed by atoms with Crippen LogP contribution in [0.3, 0.4) is 0 Å². The van der Waals surface area contributed by atoms with Gasteiger partial charge in [-0.15, -0.1) is 0 Å². The van der Waals surface area contributed by atoms with E-state index < -0.39 is 35.6 Å². The third kappa shape index (κ3) is 4.03. The minimum Gasteiger partial charge on any atom is -0.480 e. The van der Waals surface area contributed by atoms with E-state index in [1.807, 2.05) is 0 Å². The van der Waals surface area contributed by atoms with E-state index in [1.165, 1.54) is 6.07 Å². The Bertz CT molecular complexity index is 613. The van der Waals surface area contributed by atoms with Crippen LogP contribution >= 0.6 is 0 Å². The van der Waals surface area contributed by atoms with Gasteiger partial charge in [0.25, 0.3) is 0 Å². The number of hydrogen-bond acceptors (Lipinski definition) is 2. The maximum atomic E-state index is 12.7. The molecule has 0 heterocycles. The van der Waals surface area contributed by atoms with Crippen LogP contribution in [0.4, 0.5) is 13.2 Å². The molecule has 23 heavy (non-hydrogen) atoms. The van der Waals surface area contributed by atoms with Crippen molar-refractivity contribution in [1.29, 1.82) is 0 Å². The van der Waals surface area contributed by atoms with Crippen LogP contribution in [0, 0.1) is 11.8 Å². The Morgan fingerprint density at radius 3 is 2.48 bits per heavy atom. The number of carboxylic acid groups (broad SMARTS) is 1. The minimum absolute atomic E-state index is 0.276. The molecule has 0 aliphatic heterocycles. The first-order chi connectivity index (χ1) is 10.6. The normalized spacial score (nSPS) is 21.8. The van der Waals surface area contributed by atoms with Gasteiger partial charge in [-0.2, -0.15) is 13.2 Å². The topological polar surface area (TPSA) is 66.4 Å². The van der Waals surface area contributed by atoms with Gasteiger partial charge in [0.15, 0.2) is 0 Å². The van der Waals surface area contributed by atoms with Crippen molar-refractivity contribution < 1.29 is 27.9 Å². The van der Waals surface area contributed by atoms with E-state index in [1.54, 1.807) is 19.9 Å². The number of benzene rings is 1. The number of carbonyl (C=O) groups is 2. The number of amides is 1. The fourth-order valence-corrected chi connectivity index (χ4v) is 2.57. The van der Waals surface area contributed by atoms with Crippen LogP contribution in [0.25, 0.3) is 0 Å². The lowest BCUT2D eigenvalue weighted by Gasteiger charge is -2.18. The first-order valence-corrected chi connectivity index (χ1v) is 7.31. The van der Waals surface area contributed by atoms with Crippen LogP contribution in [0.1, 0.15) is 37.3 Å². The molecule has 0 radical (unpaired) electrons. The lowest BCUT2D eigenvalue weighted by atomic mass is 10.0. The Morgan fingerprint density at radius 2 is 1.96 bits per heavy atom. The summed E-state index contributed by atoms with van der Waals surface area (Å²) >= 11 is 0. The minimum atomic E-state index is -4.42. The maximum Gasteiger partial charge on any atom is 0.416 e. The number of alkyl halides is 3. The second kappa shape index (κ2) is 6.22. The number of carbonyl (C=O) groups excluding carboxylic acids is 1. The van der Waals surface area contributed by atoms with Crippen LogP contribution in [0.5, 0.6) is 0 Å². The van der Waals surface area contributed by atoms with Crippen molar-refractivity contribution in [2.45, 2.75) is 38.4 Å². The van der Waals surface area contributed by atoms with E-state index in [4.69, 9.17) is 5.11 Å². The number of carboxylic acids is 1. The monoisotopic (exact) mass is 329 g/mol. The molecule has 1 aliphatic carbocycles. The molecule has 0 aromatic heterocycles. The van der Waals surface area contributed by atoms with Gasteiger partial charge in [0, 0.05) is 5.92 Å². The second-order valence-electron chi connectivity index (χ2n) is 6.14. The van der Waals surface area contributed by atoms with Gasteiger partial charge in [0.2, 0.25) is 5.91 Å². The highest BCUT2D eigenvalue weighted by atomic mass is 19.4. The zero-order valence-electron chi connectivity index (χ0n) is 12.7. The summed E-state index contributed by atoms with van der Waals surface area (Å²) in [5.41, 5.74) is -0.289. The van der Waals surface area contributed by atoms with Crippen molar-refractivity contribution in [3.05, 3.63) is 35.4 Å². The van der Waals surface area contributed by atoms with Gasteiger partial charge < -0.3 is 10.4 Å². The van der Waals surface area contributed by atoms with Gasteiger partial charge >= 0.3 is 12.1 Å². The summed E-state index contributed by atoms with van der Waals surface area (Å²) in [6.07, 6.45) is -3.99. The van der Waals surface area contributed by atoms with Gasteiger partial charge in [-0.05, 0) is 29.9 Å². The Hall–Kier alpha value is -2.05. The number of halogens is 3. The predicted octanol–water partition coefficient (Wildman–Crippen LogP) is 3.03. The summed E-state index contributed by atoms with van der Waals surface area (Å²) in [5.74, 6) is -2.58. The fourth-order valence-electron chi connectivity index (χ4n) is 2.57. The highest BCUT2D eigenvalue weighted by molar-refractivity contribution is 5.87. The van der Waals surface area contributed by atoms with Gasteiger partial charge in [-0.25, -0.2) is 4.79 Å². The average Bonchev–Trinajstić information content (AvgIpc) is 3.23. The van der Waals surface area contributed by atoms with E-state index in [0.29, 0.717) is 12.0 Å². The van der Waals surface area contributed by atoms with Gasteiger partial charge in [0.05, 0.1) is 5.56 Å². The van der Waals surface area contributed by atoms with Crippen LogP contribution < -0.4 is 5.32 Å². The molecular weight excluding hydrogens is 311 g/mol. The van der Waals surface area contributed by atoms with E-state index >= 15 is 0 Å². The van der Waals surface area contributed by atoms with Crippen molar-refractivity contribution in [2.24, 2.45) is 11.8 Å². The third-order valence-electron chi connectivity index (χ3n) is 4.00. The van der Waals surface area contributed by atoms with Crippen LogP contribution in [0.2, 0.25) is 0 Å². The highest BCUT2D eigenvalue weighted by Crippen LogP contribution is 2.48. The Balaban J connectivity index is 2.05. The molecule has 2 rings (SSSR count). The number of nitrogens with one attached hydrogen (secondary N) is 1. The molecule has 0 saturated heterocycles. The van der Waals surface area contributed by atoms with Crippen molar-refractivity contribution in [2.75, 3.05) is 0 Å². The molecule has 2 N–H and O–H groups in total. The summed E-state index contributed by atoms with van der Waals surface area (Å²) in [4.78, 5) is 23.2. The third-order valence-corrected chi connectivity index (χ3v) is 4.00. The largest absolute Gasteiger partial charge is 0.480 e. The standard InChI is InChI=1S/C16H18F3NO3/c1-8(2)13(15(22)23)20-14(21)12-7-11(12)9-4-3-5-10(6-9)16(17,18)19/h3-6,8,11-13H,7H2,1-2H3,(H,20,21)(H,22,23)/t11?,12?,13-/m0/s1. The van der Waals surface area contributed by atoms with Crippen LogP contribution in [-0.4, -0.2) is 23.0 Å². The molecular formula is C16H18F3NO3. The van der Waals surface area contributed by atoms with E-state index in [9.17, 15) is 22.8 Å². The van der Waals surface area contributed by atoms with Crippen molar-refractivity contribution in [3.63, 3.8) is 0 Å². The molecule has 2 unspecified atom stereocenters. The highest BCUT2D eigenvalue weighted by Gasteiger charge is 2.45. The molecule has 1 aliphatic rings. The van der Waals surface area contributed by atoms with Crippen LogP contribution in [0.15, 0.2) is 24.3 Å². The zero-order chi connectivity index (χ0) is 17.4. The quantitative estimate of drug-likeness (QED) is 0.872. The maximum absolute atomic E-state index is 12.7. The smallest absolute Gasteiger partial charge is 0.416 e. The summed E-state index contributed by atoms with van der Waals surface area (Å²) in [5, 5.41) is 11.5. The summed E-state index contributed by atoms with van der Waals surface area (Å²) < 4.78 is 38.1. The number of rotatable bonds is 5. The first-order valence-electron chi connectivity index (χ1n) is 7.31. The fraction of sp³-hybridized carbons (Fsp3) is 0.500. The van der Waals surface area contributed by atoms with Crippen molar-refractivity contribution in [1.82, 2.24) is 5.32 Å². The molecule has 4 nitrogen and oxygen atoms in total. The van der Waals surface area contributed by atoms with Gasteiger partial charge in [-0.1, -0.05) is 32.0 Å². The molecule has 1 saturated carbocycles. The predicted molar refractivity (Wildman–Crippen MR) is 76.7 cm³/mol.